The molecule has 0 radical (unpaired) electrons. The van der Waals surface area contributed by atoms with E-state index in [1.54, 1.807) is 24.3 Å². The van der Waals surface area contributed by atoms with Gasteiger partial charge in [-0.15, -0.1) is 0 Å². The molecule has 0 amide bonds. The maximum absolute atomic E-state index is 10.1. The molecule has 0 bridgehead atoms. The molecule has 68 valence electrons. The van der Waals surface area contributed by atoms with Crippen LogP contribution in [0.25, 0.3) is 0 Å². The van der Waals surface area contributed by atoms with Gasteiger partial charge in [-0.3, -0.25) is 0 Å². The van der Waals surface area contributed by atoms with Crippen LogP contribution in [0.15, 0.2) is 29.3 Å². The van der Waals surface area contributed by atoms with Crippen LogP contribution in [-0.4, -0.2) is 11.2 Å². The number of rotatable bonds is 2. The van der Waals surface area contributed by atoms with Gasteiger partial charge in [-0.25, -0.2) is 4.79 Å². The molecule has 0 atom stereocenters. The van der Waals surface area contributed by atoms with Gasteiger partial charge < -0.3 is 5.11 Å². The van der Waals surface area contributed by atoms with Crippen molar-refractivity contribution in [3.63, 3.8) is 0 Å². The summed E-state index contributed by atoms with van der Waals surface area (Å²) in [6.07, 6.45) is 1.53. The average molecular weight is 177 g/mol. The Bertz CT molecular complexity index is 334. The molecule has 1 aromatic carbocycles. The molecule has 0 aliphatic rings. The predicted molar refractivity (Wildman–Crippen MR) is 49.3 cm³/mol. The number of aromatic hydroxyl groups is 1. The predicted octanol–water partition coefficient (Wildman–Crippen LogP) is 1.96. The van der Waals surface area contributed by atoms with Gasteiger partial charge in [0.25, 0.3) is 0 Å². The Labute approximate surface area is 76.7 Å². The summed E-state index contributed by atoms with van der Waals surface area (Å²) in [6, 6.07) is 6.60. The lowest BCUT2D eigenvalue weighted by Gasteiger charge is -2.17. The summed E-state index contributed by atoms with van der Waals surface area (Å²) in [5.41, 5.74) is 0.295. The minimum atomic E-state index is -0.574. The van der Waals surface area contributed by atoms with Crippen molar-refractivity contribution in [1.82, 2.24) is 0 Å². The molecule has 13 heavy (non-hydrogen) atoms. The first-order chi connectivity index (χ1) is 6.06. The summed E-state index contributed by atoms with van der Waals surface area (Å²) in [6.45, 7) is 3.62. The molecule has 0 heterocycles. The second-order valence-electron chi connectivity index (χ2n) is 3.31. The van der Waals surface area contributed by atoms with Crippen LogP contribution in [0.4, 0.5) is 0 Å². The van der Waals surface area contributed by atoms with Crippen LogP contribution >= 0.6 is 0 Å². The molecule has 3 heteroatoms. The van der Waals surface area contributed by atoms with Crippen molar-refractivity contribution in [1.29, 1.82) is 0 Å². The van der Waals surface area contributed by atoms with Gasteiger partial charge in [0.1, 0.15) is 5.75 Å². The molecular weight excluding hydrogens is 166 g/mol. The van der Waals surface area contributed by atoms with E-state index < -0.39 is 5.54 Å². The summed E-state index contributed by atoms with van der Waals surface area (Å²) in [5.74, 6) is 0.203. The standard InChI is InChI=1S/C10H11NO2/c1-10(2,11-7-12)8-3-5-9(13)6-4-8/h3-6,13H,1-2H3. The first-order valence-electron chi connectivity index (χ1n) is 3.95. The Kier molecular flexibility index (Phi) is 2.49. The monoisotopic (exact) mass is 177 g/mol. The van der Waals surface area contributed by atoms with Gasteiger partial charge in [-0.05, 0) is 31.5 Å². The number of aliphatic imine (C=N–C) groups is 1. The molecule has 1 rings (SSSR count). The average Bonchev–Trinajstić information content (AvgIpc) is 2.05. The summed E-state index contributed by atoms with van der Waals surface area (Å²) < 4.78 is 0. The van der Waals surface area contributed by atoms with Crippen LogP contribution < -0.4 is 0 Å². The highest BCUT2D eigenvalue weighted by molar-refractivity contribution is 5.38. The highest BCUT2D eigenvalue weighted by atomic mass is 16.3. The number of nitrogens with zero attached hydrogens (tertiary/aromatic N) is 1. The highest BCUT2D eigenvalue weighted by Gasteiger charge is 2.18. The van der Waals surface area contributed by atoms with Crippen LogP contribution in [-0.2, 0) is 10.3 Å². The van der Waals surface area contributed by atoms with E-state index in [9.17, 15) is 4.79 Å². The van der Waals surface area contributed by atoms with Crippen LogP contribution in [0, 0.1) is 0 Å². The first kappa shape index (κ1) is 9.49. The number of carbonyl (C=O) groups excluding carboxylic acids is 1. The van der Waals surface area contributed by atoms with Gasteiger partial charge in [0.05, 0.1) is 5.54 Å². The quantitative estimate of drug-likeness (QED) is 0.554. The molecule has 0 aromatic heterocycles. The largest absolute Gasteiger partial charge is 0.508 e. The minimum Gasteiger partial charge on any atom is -0.508 e. The third kappa shape index (κ3) is 2.17. The number of phenols is 1. The van der Waals surface area contributed by atoms with Gasteiger partial charge in [-0.1, -0.05) is 12.1 Å². The van der Waals surface area contributed by atoms with Gasteiger partial charge in [-0.2, -0.15) is 4.99 Å². The molecule has 1 aromatic rings. The van der Waals surface area contributed by atoms with Crippen molar-refractivity contribution in [2.24, 2.45) is 4.99 Å². The van der Waals surface area contributed by atoms with E-state index in [1.807, 2.05) is 13.8 Å². The second kappa shape index (κ2) is 3.42. The molecule has 0 fully saturated rings. The molecule has 0 saturated carbocycles. The second-order valence-corrected chi connectivity index (χ2v) is 3.31. The third-order valence-corrected chi connectivity index (χ3v) is 1.90. The maximum atomic E-state index is 10.1. The van der Waals surface area contributed by atoms with Gasteiger partial charge in [0, 0.05) is 0 Å². The number of phenolic OH excluding ortho intramolecular Hbond substituents is 1. The van der Waals surface area contributed by atoms with E-state index in [-0.39, 0.29) is 5.75 Å². The van der Waals surface area contributed by atoms with Crippen molar-refractivity contribution in [2.45, 2.75) is 19.4 Å². The van der Waals surface area contributed by atoms with Crippen LogP contribution in [0.5, 0.6) is 5.75 Å². The Balaban J connectivity index is 3.07. The molecule has 0 aliphatic carbocycles. The van der Waals surface area contributed by atoms with Gasteiger partial charge >= 0.3 is 0 Å². The van der Waals surface area contributed by atoms with E-state index in [1.165, 1.54) is 6.08 Å². The molecule has 0 saturated heterocycles. The van der Waals surface area contributed by atoms with E-state index in [0.717, 1.165) is 5.56 Å². The zero-order chi connectivity index (χ0) is 9.90. The van der Waals surface area contributed by atoms with E-state index >= 15 is 0 Å². The van der Waals surface area contributed by atoms with Crippen LogP contribution in [0.1, 0.15) is 19.4 Å². The molecule has 1 N–H and O–H groups in total. The normalized spacial score (nSPS) is 10.6. The molecule has 0 spiro atoms. The highest BCUT2D eigenvalue weighted by Crippen LogP contribution is 2.25. The fourth-order valence-electron chi connectivity index (χ4n) is 1.05. The van der Waals surface area contributed by atoms with Crippen molar-refractivity contribution >= 4 is 6.08 Å². The number of hydrogen-bond donors (Lipinski definition) is 1. The molecule has 0 unspecified atom stereocenters. The lowest BCUT2D eigenvalue weighted by atomic mass is 9.95. The Morgan fingerprint density at radius 3 is 2.31 bits per heavy atom. The van der Waals surface area contributed by atoms with E-state index in [0.29, 0.717) is 0 Å². The lowest BCUT2D eigenvalue weighted by molar-refractivity contribution is 0.473. The Morgan fingerprint density at radius 2 is 1.85 bits per heavy atom. The number of benzene rings is 1. The summed E-state index contributed by atoms with van der Waals surface area (Å²) in [7, 11) is 0. The van der Waals surface area contributed by atoms with Gasteiger partial charge in [0.15, 0.2) is 0 Å². The zero-order valence-electron chi connectivity index (χ0n) is 7.61. The maximum Gasteiger partial charge on any atom is 0.235 e. The fourth-order valence-corrected chi connectivity index (χ4v) is 1.05. The lowest BCUT2D eigenvalue weighted by Crippen LogP contribution is -2.12. The van der Waals surface area contributed by atoms with Crippen molar-refractivity contribution in [2.75, 3.05) is 0 Å². The Hall–Kier alpha value is -1.60. The fraction of sp³-hybridized carbons (Fsp3) is 0.300. The van der Waals surface area contributed by atoms with Crippen LogP contribution in [0.3, 0.4) is 0 Å². The Morgan fingerprint density at radius 1 is 1.31 bits per heavy atom. The topological polar surface area (TPSA) is 49.7 Å². The number of hydrogen-bond acceptors (Lipinski definition) is 3. The van der Waals surface area contributed by atoms with E-state index in [2.05, 4.69) is 4.99 Å². The van der Waals surface area contributed by atoms with Crippen molar-refractivity contribution in [3.05, 3.63) is 29.8 Å². The zero-order valence-corrected chi connectivity index (χ0v) is 7.61. The third-order valence-electron chi connectivity index (χ3n) is 1.90. The van der Waals surface area contributed by atoms with Crippen LogP contribution in [0.2, 0.25) is 0 Å². The van der Waals surface area contributed by atoms with E-state index in [4.69, 9.17) is 5.11 Å². The summed E-state index contributed by atoms with van der Waals surface area (Å²) in [5, 5.41) is 9.04. The van der Waals surface area contributed by atoms with Crippen molar-refractivity contribution < 1.29 is 9.90 Å². The molecular formula is C10H11NO2. The first-order valence-corrected chi connectivity index (χ1v) is 3.95. The number of isocyanates is 1. The SMILES string of the molecule is CC(C)(N=C=O)c1ccc(O)cc1. The van der Waals surface area contributed by atoms with Crippen molar-refractivity contribution in [3.8, 4) is 5.75 Å². The smallest absolute Gasteiger partial charge is 0.235 e. The summed E-state index contributed by atoms with van der Waals surface area (Å²) >= 11 is 0. The van der Waals surface area contributed by atoms with Gasteiger partial charge in [0.2, 0.25) is 6.08 Å². The summed E-state index contributed by atoms with van der Waals surface area (Å²) in [4.78, 5) is 13.8. The minimum absolute atomic E-state index is 0.203. The molecule has 3 nitrogen and oxygen atoms in total. The molecule has 0 aliphatic heterocycles.